The summed E-state index contributed by atoms with van der Waals surface area (Å²) in [5.41, 5.74) is 0.455. The van der Waals surface area contributed by atoms with Crippen molar-refractivity contribution in [1.29, 1.82) is 0 Å². The van der Waals surface area contributed by atoms with Crippen LogP contribution in [0.25, 0.3) is 11.0 Å². The van der Waals surface area contributed by atoms with Gasteiger partial charge in [0.25, 0.3) is 5.56 Å². The van der Waals surface area contributed by atoms with Gasteiger partial charge >= 0.3 is 0 Å². The highest BCUT2D eigenvalue weighted by Crippen LogP contribution is 1.97. The van der Waals surface area contributed by atoms with Gasteiger partial charge in [0.05, 0.1) is 12.5 Å². The van der Waals surface area contributed by atoms with Crippen molar-refractivity contribution in [2.75, 3.05) is 0 Å². The first-order chi connectivity index (χ1) is 6.29. The van der Waals surface area contributed by atoms with E-state index in [1.54, 1.807) is 7.05 Å². The number of nitrogens with zero attached hydrogens (tertiary/aromatic N) is 3. The van der Waals surface area contributed by atoms with E-state index in [2.05, 4.69) is 15.2 Å². The predicted octanol–water partition coefficient (Wildman–Crippen LogP) is 0.683. The van der Waals surface area contributed by atoms with E-state index in [4.69, 9.17) is 0 Å². The van der Waals surface area contributed by atoms with E-state index in [1.165, 1.54) is 17.1 Å². The smallest absolute Gasteiger partial charge is 0.264 e. The molecule has 0 fully saturated rings. The Balaban J connectivity index is 0.000000396. The number of hydrogen-bond donors (Lipinski definition) is 1. The van der Waals surface area contributed by atoms with Gasteiger partial charge < -0.3 is 4.57 Å². The third-order valence-electron chi connectivity index (χ3n) is 1.53. The zero-order chi connectivity index (χ0) is 9.84. The summed E-state index contributed by atoms with van der Waals surface area (Å²) >= 11 is 0. The average Bonchev–Trinajstić information content (AvgIpc) is 2.63. The molecule has 2 heterocycles. The zero-order valence-electron chi connectivity index (χ0n) is 7.90. The van der Waals surface area contributed by atoms with E-state index in [-0.39, 0.29) is 5.56 Å². The van der Waals surface area contributed by atoms with Gasteiger partial charge in [0.2, 0.25) is 0 Å². The number of fused-ring (bicyclic) bond motifs is 1. The largest absolute Gasteiger partial charge is 0.302 e. The Labute approximate surface area is 75.4 Å². The van der Waals surface area contributed by atoms with E-state index in [0.717, 1.165) is 0 Å². The molecule has 0 radical (unpaired) electrons. The first-order valence-electron chi connectivity index (χ1n) is 4.14. The van der Waals surface area contributed by atoms with E-state index in [9.17, 15) is 4.79 Å². The molecule has 0 bridgehead atoms. The second kappa shape index (κ2) is 3.84. The van der Waals surface area contributed by atoms with Crippen molar-refractivity contribution < 1.29 is 0 Å². The molecule has 0 aromatic carbocycles. The molecule has 70 valence electrons. The number of rotatable bonds is 0. The Morgan fingerprint density at radius 1 is 1.46 bits per heavy atom. The highest BCUT2D eigenvalue weighted by Gasteiger charge is 2.00. The van der Waals surface area contributed by atoms with Gasteiger partial charge in [-0.25, -0.2) is 4.98 Å². The van der Waals surface area contributed by atoms with Crippen molar-refractivity contribution in [3.63, 3.8) is 0 Å². The van der Waals surface area contributed by atoms with Crippen LogP contribution in [0.15, 0.2) is 17.3 Å². The molecule has 0 saturated heterocycles. The lowest BCUT2D eigenvalue weighted by molar-refractivity contribution is 0.841. The maximum atomic E-state index is 11.3. The first kappa shape index (κ1) is 9.44. The fourth-order valence-electron chi connectivity index (χ4n) is 0.921. The minimum absolute atomic E-state index is 0.0799. The van der Waals surface area contributed by atoms with Crippen LogP contribution in [0.5, 0.6) is 0 Å². The summed E-state index contributed by atoms with van der Waals surface area (Å²) in [6, 6.07) is 0. The van der Waals surface area contributed by atoms with Gasteiger partial charge in [-0.15, -0.1) is 0 Å². The van der Waals surface area contributed by atoms with Crippen LogP contribution in [0.4, 0.5) is 0 Å². The summed E-state index contributed by atoms with van der Waals surface area (Å²) in [4.78, 5) is 15.2. The van der Waals surface area contributed by atoms with Crippen LogP contribution in [0, 0.1) is 0 Å². The summed E-state index contributed by atoms with van der Waals surface area (Å²) in [6.07, 6.45) is 2.94. The fourth-order valence-corrected chi connectivity index (χ4v) is 0.921. The SMILES string of the molecule is CC.Cn1cnc2[nH]ncc2c1=O. The third-order valence-corrected chi connectivity index (χ3v) is 1.53. The van der Waals surface area contributed by atoms with Gasteiger partial charge in [0.15, 0.2) is 5.65 Å². The van der Waals surface area contributed by atoms with Gasteiger partial charge in [-0.3, -0.25) is 9.89 Å². The van der Waals surface area contributed by atoms with Crippen LogP contribution in [0.2, 0.25) is 0 Å². The lowest BCUT2D eigenvalue weighted by atomic mass is 10.4. The van der Waals surface area contributed by atoms with E-state index < -0.39 is 0 Å². The molecule has 13 heavy (non-hydrogen) atoms. The van der Waals surface area contributed by atoms with Crippen molar-refractivity contribution >= 4 is 11.0 Å². The van der Waals surface area contributed by atoms with E-state index >= 15 is 0 Å². The molecule has 0 aliphatic heterocycles. The molecule has 2 aromatic heterocycles. The van der Waals surface area contributed by atoms with Crippen LogP contribution in [-0.4, -0.2) is 19.7 Å². The standard InChI is InChI=1S/C6H6N4O.C2H6/c1-10-3-7-5-4(6(10)11)2-8-9-5;1-2/h2-3H,1H3,(H,8,9);1-2H3. The Hall–Kier alpha value is -1.65. The predicted molar refractivity (Wildman–Crippen MR) is 50.5 cm³/mol. The Bertz CT molecular complexity index is 443. The first-order valence-corrected chi connectivity index (χ1v) is 4.14. The monoisotopic (exact) mass is 180 g/mol. The molecule has 1 N–H and O–H groups in total. The Kier molecular flexibility index (Phi) is 2.79. The lowest BCUT2D eigenvalue weighted by Gasteiger charge is -1.92. The molecular weight excluding hydrogens is 168 g/mol. The highest BCUT2D eigenvalue weighted by molar-refractivity contribution is 5.71. The van der Waals surface area contributed by atoms with Crippen molar-refractivity contribution in [2.24, 2.45) is 7.05 Å². The normalized spacial score (nSPS) is 9.46. The molecule has 0 aliphatic carbocycles. The summed E-state index contributed by atoms with van der Waals surface area (Å²) in [5, 5.41) is 6.84. The topological polar surface area (TPSA) is 63.6 Å². The van der Waals surface area contributed by atoms with Gasteiger partial charge in [-0.05, 0) is 0 Å². The number of hydrogen-bond acceptors (Lipinski definition) is 3. The molecule has 5 heteroatoms. The summed E-state index contributed by atoms with van der Waals surface area (Å²) in [7, 11) is 1.65. The van der Waals surface area contributed by atoms with Crippen LogP contribution in [0.3, 0.4) is 0 Å². The number of nitrogens with one attached hydrogen (secondary N) is 1. The quantitative estimate of drug-likeness (QED) is 0.648. The number of H-pyrrole nitrogens is 1. The maximum absolute atomic E-state index is 11.3. The van der Waals surface area contributed by atoms with Gasteiger partial charge in [-0.2, -0.15) is 5.10 Å². The minimum atomic E-state index is -0.0799. The van der Waals surface area contributed by atoms with Crippen molar-refractivity contribution in [3.8, 4) is 0 Å². The van der Waals surface area contributed by atoms with Crippen LogP contribution >= 0.6 is 0 Å². The van der Waals surface area contributed by atoms with Gasteiger partial charge in [-0.1, -0.05) is 13.8 Å². The van der Waals surface area contributed by atoms with Crippen LogP contribution in [-0.2, 0) is 7.05 Å². The zero-order valence-corrected chi connectivity index (χ0v) is 7.90. The Morgan fingerprint density at radius 2 is 2.15 bits per heavy atom. The number of aromatic amines is 1. The molecular formula is C8H12N4O. The molecule has 0 saturated carbocycles. The molecule has 5 nitrogen and oxygen atoms in total. The van der Waals surface area contributed by atoms with Crippen LogP contribution in [0.1, 0.15) is 13.8 Å². The van der Waals surface area contributed by atoms with Crippen molar-refractivity contribution in [3.05, 3.63) is 22.9 Å². The summed E-state index contributed by atoms with van der Waals surface area (Å²) in [6.45, 7) is 4.00. The molecule has 0 aliphatic rings. The molecule has 0 spiro atoms. The van der Waals surface area contributed by atoms with Gasteiger partial charge in [0.1, 0.15) is 5.39 Å². The Morgan fingerprint density at radius 3 is 2.85 bits per heavy atom. The van der Waals surface area contributed by atoms with E-state index in [1.807, 2.05) is 13.8 Å². The highest BCUT2D eigenvalue weighted by atomic mass is 16.1. The third kappa shape index (κ3) is 1.58. The number of aromatic nitrogens is 4. The van der Waals surface area contributed by atoms with Gasteiger partial charge in [0, 0.05) is 7.05 Å². The molecule has 2 aromatic rings. The minimum Gasteiger partial charge on any atom is -0.302 e. The molecule has 2 rings (SSSR count). The maximum Gasteiger partial charge on any atom is 0.264 e. The average molecular weight is 180 g/mol. The molecule has 0 unspecified atom stereocenters. The van der Waals surface area contributed by atoms with Crippen LogP contribution < -0.4 is 5.56 Å². The summed E-state index contributed by atoms with van der Waals surface area (Å²) in [5.74, 6) is 0. The lowest BCUT2D eigenvalue weighted by Crippen LogP contribution is -2.15. The molecule has 0 amide bonds. The number of aryl methyl sites for hydroxylation is 1. The second-order valence-electron chi connectivity index (χ2n) is 2.29. The van der Waals surface area contributed by atoms with Crippen molar-refractivity contribution in [2.45, 2.75) is 13.8 Å². The molecule has 0 atom stereocenters. The summed E-state index contributed by atoms with van der Waals surface area (Å²) < 4.78 is 1.41. The van der Waals surface area contributed by atoms with Crippen molar-refractivity contribution in [1.82, 2.24) is 19.7 Å². The second-order valence-corrected chi connectivity index (χ2v) is 2.29. The van der Waals surface area contributed by atoms with E-state index in [0.29, 0.717) is 11.0 Å². The fraction of sp³-hybridized carbons (Fsp3) is 0.375.